The second-order valence-electron chi connectivity index (χ2n) is 14.3. The first kappa shape index (κ1) is 29.8. The zero-order chi connectivity index (χ0) is 30.5. The number of ether oxygens (including phenoxy) is 3. The monoisotopic (exact) mass is 591 g/mol. The SMILES string of the molecule is COc1ccc2nc3c(nc2c1)O[C@H]1CN(C(=O)[C@H](C(C)(C)C)CC(=O)O[C@@H]2C[C@H]4C[C@H]4[C@H]2CCCCC3)[C@H](C=O)[C@@H]1C. The van der Waals surface area contributed by atoms with Gasteiger partial charge in [-0.3, -0.25) is 9.59 Å². The molecule has 0 spiro atoms. The van der Waals surface area contributed by atoms with Crippen molar-refractivity contribution in [3.63, 3.8) is 0 Å². The van der Waals surface area contributed by atoms with E-state index in [-0.39, 0.29) is 36.9 Å². The molecule has 6 rings (SSSR count). The van der Waals surface area contributed by atoms with Gasteiger partial charge >= 0.3 is 5.97 Å². The van der Waals surface area contributed by atoms with Gasteiger partial charge in [0.1, 0.15) is 29.9 Å². The van der Waals surface area contributed by atoms with Crippen molar-refractivity contribution in [3.8, 4) is 11.6 Å². The summed E-state index contributed by atoms with van der Waals surface area (Å²) in [6, 6.07) is 4.97. The summed E-state index contributed by atoms with van der Waals surface area (Å²) in [6.07, 6.45) is 7.30. The van der Waals surface area contributed by atoms with Crippen molar-refractivity contribution in [3.05, 3.63) is 23.9 Å². The van der Waals surface area contributed by atoms with E-state index in [1.807, 2.05) is 45.9 Å². The largest absolute Gasteiger partial charge is 0.497 e. The third kappa shape index (κ3) is 5.96. The number of benzene rings is 1. The molecule has 1 aromatic carbocycles. The molecule has 2 aromatic rings. The van der Waals surface area contributed by atoms with Gasteiger partial charge in [-0.05, 0) is 67.4 Å². The number of amides is 1. The highest BCUT2D eigenvalue weighted by molar-refractivity contribution is 5.87. The van der Waals surface area contributed by atoms with Crippen LogP contribution in [-0.2, 0) is 25.5 Å². The molecule has 3 heterocycles. The van der Waals surface area contributed by atoms with E-state index in [2.05, 4.69) is 0 Å². The summed E-state index contributed by atoms with van der Waals surface area (Å²) < 4.78 is 18.1. The number of methoxy groups -OCH3 is 1. The van der Waals surface area contributed by atoms with Gasteiger partial charge in [-0.1, -0.05) is 40.5 Å². The van der Waals surface area contributed by atoms with Gasteiger partial charge in [0, 0.05) is 12.0 Å². The summed E-state index contributed by atoms with van der Waals surface area (Å²) >= 11 is 0. The number of aromatic nitrogens is 2. The van der Waals surface area contributed by atoms with E-state index in [0.717, 1.165) is 49.6 Å². The average Bonchev–Trinajstić information content (AvgIpc) is 3.55. The second-order valence-corrected chi connectivity index (χ2v) is 14.3. The molecular weight excluding hydrogens is 546 g/mol. The minimum absolute atomic E-state index is 0.00496. The quantitative estimate of drug-likeness (QED) is 0.348. The van der Waals surface area contributed by atoms with Crippen molar-refractivity contribution >= 4 is 29.2 Å². The molecule has 0 radical (unpaired) electrons. The molecule has 2 saturated carbocycles. The standard InChI is InChI=1S/C34H45N3O6/c1-19-28(18-38)37-17-30(19)43-32-26(35-25-12-11-21(41-5)15-27(25)36-32)10-8-6-7-9-22-23-13-20(23)14-29(22)42-31(39)16-24(33(37)40)34(2,3)4/h11-12,15,18-20,22-24,28-30H,6-10,13-14,16-17H2,1-5H3/t19-,20+,22+,23+,24+,28+,29+,30-/m0/s1. The topological polar surface area (TPSA) is 108 Å². The molecule has 4 aliphatic rings. The average molecular weight is 592 g/mol. The minimum Gasteiger partial charge on any atom is -0.497 e. The van der Waals surface area contributed by atoms with E-state index >= 15 is 0 Å². The Labute approximate surface area is 254 Å². The fourth-order valence-corrected chi connectivity index (χ4v) is 7.69. The summed E-state index contributed by atoms with van der Waals surface area (Å²) in [6.45, 7) is 8.07. The molecule has 9 nitrogen and oxygen atoms in total. The number of nitrogens with zero attached hydrogens (tertiary/aromatic N) is 3. The predicted molar refractivity (Wildman–Crippen MR) is 161 cm³/mol. The summed E-state index contributed by atoms with van der Waals surface area (Å²) in [7, 11) is 1.62. The Morgan fingerprint density at radius 2 is 1.81 bits per heavy atom. The number of rotatable bonds is 2. The number of carbonyl (C=O) groups excluding carboxylic acids is 3. The molecule has 0 N–H and O–H groups in total. The van der Waals surface area contributed by atoms with Crippen LogP contribution >= 0.6 is 0 Å². The zero-order valence-corrected chi connectivity index (χ0v) is 26.1. The number of aldehydes is 1. The van der Waals surface area contributed by atoms with Crippen molar-refractivity contribution in [1.29, 1.82) is 0 Å². The van der Waals surface area contributed by atoms with Crippen LogP contribution in [0.2, 0.25) is 0 Å². The number of hydrogen-bond acceptors (Lipinski definition) is 8. The van der Waals surface area contributed by atoms with Crippen molar-refractivity contribution in [1.82, 2.24) is 14.9 Å². The van der Waals surface area contributed by atoms with Crippen molar-refractivity contribution in [2.24, 2.45) is 35.0 Å². The van der Waals surface area contributed by atoms with E-state index in [1.54, 1.807) is 12.0 Å². The molecule has 1 amide bonds. The van der Waals surface area contributed by atoms with E-state index in [4.69, 9.17) is 24.2 Å². The number of esters is 1. The van der Waals surface area contributed by atoms with Crippen LogP contribution in [0.1, 0.15) is 78.3 Å². The lowest BCUT2D eigenvalue weighted by atomic mass is 9.77. The van der Waals surface area contributed by atoms with Crippen LogP contribution in [0.4, 0.5) is 0 Å². The van der Waals surface area contributed by atoms with Gasteiger partial charge in [0.25, 0.3) is 0 Å². The maximum absolute atomic E-state index is 14.1. The maximum atomic E-state index is 14.1. The van der Waals surface area contributed by atoms with Gasteiger partial charge < -0.3 is 23.9 Å². The Bertz CT molecular complexity index is 1390. The van der Waals surface area contributed by atoms with Crippen LogP contribution in [0, 0.1) is 35.0 Å². The first-order valence-corrected chi connectivity index (χ1v) is 16.0. The number of aryl methyl sites for hydroxylation is 1. The van der Waals surface area contributed by atoms with E-state index < -0.39 is 23.5 Å². The molecule has 1 saturated heterocycles. The molecule has 0 unspecified atom stereocenters. The van der Waals surface area contributed by atoms with E-state index in [9.17, 15) is 14.4 Å². The van der Waals surface area contributed by atoms with Crippen LogP contribution in [0.15, 0.2) is 18.2 Å². The number of hydrogen-bond donors (Lipinski definition) is 0. The van der Waals surface area contributed by atoms with Crippen LogP contribution < -0.4 is 9.47 Å². The molecule has 232 valence electrons. The first-order chi connectivity index (χ1) is 20.6. The summed E-state index contributed by atoms with van der Waals surface area (Å²) in [5.41, 5.74) is 1.74. The van der Waals surface area contributed by atoms with Gasteiger partial charge in [0.2, 0.25) is 11.8 Å². The Balaban J connectivity index is 1.34. The van der Waals surface area contributed by atoms with Crippen LogP contribution in [0.25, 0.3) is 11.0 Å². The summed E-state index contributed by atoms with van der Waals surface area (Å²) in [5.74, 6) is 1.45. The third-order valence-corrected chi connectivity index (χ3v) is 10.4. The molecule has 2 bridgehead atoms. The van der Waals surface area contributed by atoms with Gasteiger partial charge in [0.15, 0.2) is 0 Å². The van der Waals surface area contributed by atoms with Crippen molar-refractivity contribution in [2.45, 2.75) is 97.3 Å². The third-order valence-electron chi connectivity index (χ3n) is 10.4. The van der Waals surface area contributed by atoms with Crippen molar-refractivity contribution < 1.29 is 28.6 Å². The molecule has 2 aliphatic heterocycles. The number of carbonyl (C=O) groups is 3. The second kappa shape index (κ2) is 11.7. The van der Waals surface area contributed by atoms with Gasteiger partial charge in [-0.25, -0.2) is 9.97 Å². The maximum Gasteiger partial charge on any atom is 0.306 e. The highest BCUT2D eigenvalue weighted by Crippen LogP contribution is 2.58. The van der Waals surface area contributed by atoms with Crippen molar-refractivity contribution in [2.75, 3.05) is 13.7 Å². The lowest BCUT2D eigenvalue weighted by Gasteiger charge is -2.34. The predicted octanol–water partition coefficient (Wildman–Crippen LogP) is 5.17. The summed E-state index contributed by atoms with van der Waals surface area (Å²) in [4.78, 5) is 51.3. The highest BCUT2D eigenvalue weighted by Gasteiger charge is 2.54. The molecular formula is C34H45N3O6. The molecule has 1 aromatic heterocycles. The van der Waals surface area contributed by atoms with Crippen LogP contribution in [0.5, 0.6) is 11.6 Å². The number of fused-ring (bicyclic) bond motifs is 7. The Hall–Kier alpha value is -3.23. The molecule has 3 fully saturated rings. The van der Waals surface area contributed by atoms with Crippen LogP contribution in [0.3, 0.4) is 0 Å². The molecule has 9 heteroatoms. The Kier molecular flexibility index (Phi) is 8.11. The first-order valence-electron chi connectivity index (χ1n) is 16.0. The smallest absolute Gasteiger partial charge is 0.306 e. The minimum atomic E-state index is -0.663. The zero-order valence-electron chi connectivity index (χ0n) is 26.1. The van der Waals surface area contributed by atoms with Crippen LogP contribution in [-0.4, -0.2) is 64.9 Å². The van der Waals surface area contributed by atoms with Gasteiger partial charge in [-0.15, -0.1) is 0 Å². The fourth-order valence-electron chi connectivity index (χ4n) is 7.69. The lowest BCUT2D eigenvalue weighted by Crippen LogP contribution is -2.46. The Morgan fingerprint density at radius 3 is 2.56 bits per heavy atom. The van der Waals surface area contributed by atoms with Gasteiger partial charge in [0.05, 0.1) is 43.1 Å². The fraction of sp³-hybridized carbons (Fsp3) is 0.676. The molecule has 43 heavy (non-hydrogen) atoms. The molecule has 8 atom stereocenters. The highest BCUT2D eigenvalue weighted by atomic mass is 16.5. The van der Waals surface area contributed by atoms with Gasteiger partial charge in [-0.2, -0.15) is 0 Å². The lowest BCUT2D eigenvalue weighted by molar-refractivity contribution is -0.158. The normalized spacial score (nSPS) is 33.4. The molecule has 2 aliphatic carbocycles. The van der Waals surface area contributed by atoms with E-state index in [1.165, 1.54) is 6.42 Å². The summed E-state index contributed by atoms with van der Waals surface area (Å²) in [5, 5.41) is 0. The Morgan fingerprint density at radius 1 is 1.00 bits per heavy atom. The van der Waals surface area contributed by atoms with E-state index in [0.29, 0.717) is 41.3 Å².